The average molecular weight is 1040 g/mol. The van der Waals surface area contributed by atoms with Gasteiger partial charge in [0.15, 0.2) is 22.4 Å². The molecule has 1 N–H and O–H groups in total. The van der Waals surface area contributed by atoms with Gasteiger partial charge in [-0.25, -0.2) is 0 Å². The van der Waals surface area contributed by atoms with Crippen molar-refractivity contribution in [2.24, 2.45) is 23.7 Å². The fourth-order valence-corrected chi connectivity index (χ4v) is 16.6. The van der Waals surface area contributed by atoms with E-state index in [0.717, 1.165) is 55.2 Å². The lowest BCUT2D eigenvalue weighted by molar-refractivity contribution is -0.292. The fourth-order valence-electron chi connectivity index (χ4n) is 12.4. The Morgan fingerprint density at radius 3 is 2.27 bits per heavy atom. The summed E-state index contributed by atoms with van der Waals surface area (Å²) in [6.07, 6.45) is 6.41. The number of aliphatic hydroxyl groups is 1. The van der Waals surface area contributed by atoms with Crippen molar-refractivity contribution in [1.29, 1.82) is 0 Å². The Morgan fingerprint density at radius 2 is 1.58 bits per heavy atom. The second-order valence-electron chi connectivity index (χ2n) is 23.8. The molecule has 0 aromatic heterocycles. The number of ketones is 1. The molecule has 18 atom stereocenters. The van der Waals surface area contributed by atoms with Crippen LogP contribution in [0.25, 0.3) is 0 Å². The third-order valence-electron chi connectivity index (χ3n) is 18.0. The summed E-state index contributed by atoms with van der Waals surface area (Å²) in [5.41, 5.74) is 1.15. The molecule has 11 nitrogen and oxygen atoms in total. The molecule has 8 fully saturated rings. The second kappa shape index (κ2) is 22.4. The summed E-state index contributed by atoms with van der Waals surface area (Å²) < 4.78 is 62.0. The summed E-state index contributed by atoms with van der Waals surface area (Å²) in [7, 11) is -3.53. The largest absolute Gasteiger partial charge is 0.417 e. The first-order chi connectivity index (χ1) is 31.6. The van der Waals surface area contributed by atoms with Crippen molar-refractivity contribution in [2.75, 3.05) is 13.2 Å². The summed E-state index contributed by atoms with van der Waals surface area (Å²) in [6, 6.07) is 3.50. The number of Topliss-reactive ketones (excluding diaryl/α,β-unsaturated/α-hetero) is 1. The fraction of sp³-hybridized carbons (Fsp3) is 0.906. The highest BCUT2D eigenvalue weighted by Gasteiger charge is 2.68. The van der Waals surface area contributed by atoms with Crippen molar-refractivity contribution in [3.8, 4) is 0 Å². The van der Waals surface area contributed by atoms with Gasteiger partial charge in [0.05, 0.1) is 48.8 Å². The summed E-state index contributed by atoms with van der Waals surface area (Å²) in [5, 5.41) is 10.9. The molecular formula is C53H91BrO11Si2. The standard InChI is InChI=1S/C53H91BrO11Si2/c1-14-67(15-2,16-3)57-23-17-18-39-25-33(5)35(7)44(59-39)29-45-41(36(8)43(61-45)24-32(4)31-58-66(12,13)52(9,10)11)28-38(56)27-40-19-20-42-47(60-40)51-50-49(62-42)48-46(63-50)30-53(64-48,65-51)22-21-37(55)26-34(6)54/h32-33,36-37,39-51,55H,6-7,14-31H2,1-5,8-13H3/t32-,33+,36+,37+,39-,40+,41?,42-,43+,44+,45?,46+,47-,48-,49-,50+,51?,53-/m0/s1. The van der Waals surface area contributed by atoms with Gasteiger partial charge in [-0.1, -0.05) is 91.4 Å². The van der Waals surface area contributed by atoms with Gasteiger partial charge in [-0.05, 0) is 115 Å². The maximum Gasteiger partial charge on any atom is 0.191 e. The van der Waals surface area contributed by atoms with Gasteiger partial charge in [-0.2, -0.15) is 0 Å². The third kappa shape index (κ3) is 12.5. The molecule has 6 bridgehead atoms. The van der Waals surface area contributed by atoms with Crippen molar-refractivity contribution >= 4 is 38.3 Å². The number of carbonyl (C=O) groups excluding carboxylic acids is 1. The molecule has 8 aliphatic heterocycles. The lowest BCUT2D eigenvalue weighted by atomic mass is 9.78. The minimum atomic E-state index is -1.90. The van der Waals surface area contributed by atoms with E-state index in [0.29, 0.717) is 63.4 Å². The number of halogens is 1. The van der Waals surface area contributed by atoms with Crippen molar-refractivity contribution in [1.82, 2.24) is 0 Å². The predicted molar refractivity (Wildman–Crippen MR) is 271 cm³/mol. The van der Waals surface area contributed by atoms with Gasteiger partial charge in [-0.15, -0.1) is 0 Å². The van der Waals surface area contributed by atoms with E-state index in [-0.39, 0.29) is 95.9 Å². The highest BCUT2D eigenvalue weighted by molar-refractivity contribution is 9.11. The molecule has 0 amide bonds. The molecule has 14 heteroatoms. The van der Waals surface area contributed by atoms with E-state index >= 15 is 0 Å². The van der Waals surface area contributed by atoms with E-state index in [1.165, 1.54) is 18.1 Å². The molecule has 0 aliphatic carbocycles. The average Bonchev–Trinajstić information content (AvgIpc) is 3.81. The van der Waals surface area contributed by atoms with E-state index in [1.807, 2.05) is 0 Å². The lowest BCUT2D eigenvalue weighted by Gasteiger charge is -2.47. The normalized spacial score (nSPS) is 39.4. The number of carbonyl (C=O) groups is 1. The van der Waals surface area contributed by atoms with Gasteiger partial charge in [0.1, 0.15) is 36.3 Å². The van der Waals surface area contributed by atoms with Crippen LogP contribution in [0.3, 0.4) is 0 Å². The Labute approximate surface area is 415 Å². The minimum absolute atomic E-state index is 0.0185. The Kier molecular flexibility index (Phi) is 18.2. The monoisotopic (exact) mass is 1040 g/mol. The highest BCUT2D eigenvalue weighted by atomic mass is 79.9. The topological polar surface area (TPSA) is 120 Å². The summed E-state index contributed by atoms with van der Waals surface area (Å²) >= 11 is 3.39. The molecule has 0 saturated carbocycles. The number of hydrogen-bond donors (Lipinski definition) is 1. The number of hydrogen-bond acceptors (Lipinski definition) is 11. The third-order valence-corrected chi connectivity index (χ3v) is 27.5. The first kappa shape index (κ1) is 54.4. The van der Waals surface area contributed by atoms with Gasteiger partial charge in [0.25, 0.3) is 0 Å². The van der Waals surface area contributed by atoms with Gasteiger partial charge in [0, 0.05) is 51.7 Å². The van der Waals surface area contributed by atoms with Gasteiger partial charge < -0.3 is 47.1 Å². The first-order valence-electron chi connectivity index (χ1n) is 26.7. The smallest absolute Gasteiger partial charge is 0.191 e. The molecule has 8 saturated heterocycles. The maximum absolute atomic E-state index is 14.5. The maximum atomic E-state index is 14.5. The SMILES string of the molecule is C=C(Br)C[C@H](O)CC[C@@]12C[C@H]3O[C@H]4C(O1)[C@H]1O[C@@H](CC(=O)CC5C(C[C@H]6O[C@@H](CCCO[Si](CC)(CC)CC)C[C@@H](C)C6=C)O[C@H](C[C@H](C)CO[Si](C)(C)C(C)(C)C)[C@@H]5C)CC[C@@H]1O[C@H]4[C@H]3O2. The molecule has 0 radical (unpaired) electrons. The van der Waals surface area contributed by atoms with Crippen molar-refractivity contribution in [2.45, 2.75) is 267 Å². The van der Waals surface area contributed by atoms with Gasteiger partial charge in [-0.3, -0.25) is 4.79 Å². The predicted octanol–water partition coefficient (Wildman–Crippen LogP) is 11.4. The molecule has 0 aromatic rings. The molecule has 0 spiro atoms. The molecule has 8 heterocycles. The molecule has 8 aliphatic rings. The van der Waals surface area contributed by atoms with Gasteiger partial charge in [0.2, 0.25) is 0 Å². The van der Waals surface area contributed by atoms with Crippen molar-refractivity contribution in [3.63, 3.8) is 0 Å². The van der Waals surface area contributed by atoms with Crippen LogP contribution in [-0.4, -0.2) is 126 Å². The Morgan fingerprint density at radius 1 is 0.896 bits per heavy atom. The summed E-state index contributed by atoms with van der Waals surface area (Å²) in [5.74, 6) is 0.249. The van der Waals surface area contributed by atoms with E-state index in [1.54, 1.807) is 0 Å². The molecule has 8 rings (SSSR count). The highest BCUT2D eigenvalue weighted by Crippen LogP contribution is 2.54. The number of fused-ring (bicyclic) bond motifs is 1. The minimum Gasteiger partial charge on any atom is -0.417 e. The Bertz CT molecular complexity index is 1680. The van der Waals surface area contributed by atoms with Crippen LogP contribution in [0.2, 0.25) is 36.3 Å². The zero-order chi connectivity index (χ0) is 48.6. The second-order valence-corrected chi connectivity index (χ2v) is 34.5. The summed E-state index contributed by atoms with van der Waals surface area (Å²) in [6.45, 7) is 35.3. The van der Waals surface area contributed by atoms with Crippen LogP contribution >= 0.6 is 15.9 Å². The lowest BCUT2D eigenvalue weighted by Crippen LogP contribution is -2.61. The molecule has 3 unspecified atom stereocenters. The van der Waals surface area contributed by atoms with E-state index in [9.17, 15) is 9.90 Å². The Hall–Kier alpha value is -0.336. The zero-order valence-corrected chi connectivity index (χ0v) is 47.0. The van der Waals surface area contributed by atoms with Crippen LogP contribution in [-0.2, 0) is 46.8 Å². The molecule has 0 aromatic carbocycles. The van der Waals surface area contributed by atoms with Crippen LogP contribution in [0, 0.1) is 23.7 Å². The Balaban J connectivity index is 1.00. The van der Waals surface area contributed by atoms with Crippen molar-refractivity contribution in [3.05, 3.63) is 23.2 Å². The van der Waals surface area contributed by atoms with Crippen LogP contribution in [0.5, 0.6) is 0 Å². The molecular weight excluding hydrogens is 949 g/mol. The van der Waals surface area contributed by atoms with E-state index in [2.05, 4.69) is 104 Å². The van der Waals surface area contributed by atoms with Gasteiger partial charge >= 0.3 is 0 Å². The summed E-state index contributed by atoms with van der Waals surface area (Å²) in [4.78, 5) is 14.5. The van der Waals surface area contributed by atoms with E-state index in [4.69, 9.17) is 42.0 Å². The van der Waals surface area contributed by atoms with Crippen LogP contribution < -0.4 is 0 Å². The quantitative estimate of drug-likeness (QED) is 0.0565. The zero-order valence-electron chi connectivity index (χ0n) is 43.4. The van der Waals surface area contributed by atoms with Crippen LogP contribution in [0.1, 0.15) is 146 Å². The van der Waals surface area contributed by atoms with E-state index < -0.39 is 28.5 Å². The van der Waals surface area contributed by atoms with Crippen LogP contribution in [0.15, 0.2) is 23.2 Å². The first-order valence-corrected chi connectivity index (χ1v) is 32.9. The van der Waals surface area contributed by atoms with Crippen molar-refractivity contribution < 1.29 is 51.9 Å². The number of ether oxygens (including phenoxy) is 7. The number of rotatable bonds is 24. The van der Waals surface area contributed by atoms with Crippen LogP contribution in [0.4, 0.5) is 0 Å². The number of aliphatic hydroxyl groups excluding tert-OH is 1. The molecule has 384 valence electrons. The molecule has 67 heavy (non-hydrogen) atoms.